The summed E-state index contributed by atoms with van der Waals surface area (Å²) in [7, 11) is 0. The van der Waals surface area contributed by atoms with Crippen molar-refractivity contribution in [3.63, 3.8) is 0 Å². The molecule has 1 amide bonds. The highest BCUT2D eigenvalue weighted by Gasteiger charge is 2.35. The highest BCUT2D eigenvalue weighted by atomic mass is 16.5. The Bertz CT molecular complexity index is 875. The van der Waals surface area contributed by atoms with Crippen LogP contribution in [0.25, 0.3) is 11.0 Å². The van der Waals surface area contributed by atoms with E-state index in [4.69, 9.17) is 9.15 Å². The third kappa shape index (κ3) is 3.82. The summed E-state index contributed by atoms with van der Waals surface area (Å²) in [6.45, 7) is 1.63. The van der Waals surface area contributed by atoms with Gasteiger partial charge >= 0.3 is 5.63 Å². The van der Waals surface area contributed by atoms with Gasteiger partial charge in [0.1, 0.15) is 16.9 Å². The summed E-state index contributed by atoms with van der Waals surface area (Å²) in [5.74, 6) is 0.109. The van der Waals surface area contributed by atoms with Gasteiger partial charge in [-0.3, -0.25) is 4.79 Å². The maximum Gasteiger partial charge on any atom is 0.336 e. The number of benzene rings is 1. The van der Waals surface area contributed by atoms with Gasteiger partial charge in [-0.2, -0.15) is 5.26 Å². The number of nitrogens with zero attached hydrogens (tertiary/aromatic N) is 1. The zero-order chi connectivity index (χ0) is 17.9. The Kier molecular flexibility index (Phi) is 4.75. The molecule has 1 aromatic heterocycles. The Morgan fingerprint density at radius 1 is 1.28 bits per heavy atom. The summed E-state index contributed by atoms with van der Waals surface area (Å²) >= 11 is 0. The van der Waals surface area contributed by atoms with E-state index in [0.29, 0.717) is 24.2 Å². The molecule has 0 spiro atoms. The fourth-order valence-corrected chi connectivity index (χ4v) is 3.13. The predicted molar refractivity (Wildman–Crippen MR) is 92.1 cm³/mol. The zero-order valence-electron chi connectivity index (χ0n) is 14.1. The van der Waals surface area contributed by atoms with Crippen LogP contribution in [-0.4, -0.2) is 17.6 Å². The van der Waals surface area contributed by atoms with E-state index in [1.165, 1.54) is 6.07 Å². The summed E-state index contributed by atoms with van der Waals surface area (Å²) in [6, 6.07) is 10.3. The van der Waals surface area contributed by atoms with E-state index in [0.717, 1.165) is 24.6 Å². The van der Waals surface area contributed by atoms with Gasteiger partial charge in [0.2, 0.25) is 0 Å². The monoisotopic (exact) mass is 340 g/mol. The average molecular weight is 340 g/mol. The number of carbonyl (C=O) groups is 1. The topological polar surface area (TPSA) is 92.3 Å². The van der Waals surface area contributed by atoms with E-state index in [9.17, 15) is 14.9 Å². The number of rotatable bonds is 4. The van der Waals surface area contributed by atoms with Crippen LogP contribution in [0.5, 0.6) is 5.75 Å². The third-order valence-corrected chi connectivity index (χ3v) is 4.56. The van der Waals surface area contributed by atoms with Crippen molar-refractivity contribution in [3.05, 3.63) is 40.8 Å². The molecule has 1 fully saturated rings. The number of amides is 1. The van der Waals surface area contributed by atoms with Crippen LogP contribution >= 0.6 is 0 Å². The summed E-state index contributed by atoms with van der Waals surface area (Å²) in [5, 5.41) is 13.1. The largest absolute Gasteiger partial charge is 0.481 e. The van der Waals surface area contributed by atoms with Crippen molar-refractivity contribution in [2.45, 2.75) is 50.7 Å². The van der Waals surface area contributed by atoms with Crippen molar-refractivity contribution >= 4 is 16.9 Å². The highest BCUT2D eigenvalue weighted by Crippen LogP contribution is 2.28. The molecule has 6 heteroatoms. The molecule has 25 heavy (non-hydrogen) atoms. The molecule has 1 aliphatic carbocycles. The standard InChI is InChI=1S/C19H20N2O4/c1-13(18(23)21-19(12-20)9-3-2-4-10-19)24-15-7-5-14-6-8-17(22)25-16(14)11-15/h5-8,11,13H,2-4,9-10H2,1H3,(H,21,23)/t13-/m1/s1. The van der Waals surface area contributed by atoms with Gasteiger partial charge in [-0.05, 0) is 38.0 Å². The average Bonchev–Trinajstić information content (AvgIpc) is 2.62. The van der Waals surface area contributed by atoms with Crippen LogP contribution in [0.3, 0.4) is 0 Å². The van der Waals surface area contributed by atoms with E-state index < -0.39 is 17.3 Å². The lowest BCUT2D eigenvalue weighted by Gasteiger charge is -2.32. The second-order valence-corrected chi connectivity index (χ2v) is 6.46. The molecule has 1 saturated carbocycles. The lowest BCUT2D eigenvalue weighted by Crippen LogP contribution is -2.52. The first-order valence-corrected chi connectivity index (χ1v) is 8.45. The number of hydrogen-bond donors (Lipinski definition) is 1. The van der Waals surface area contributed by atoms with Crippen molar-refractivity contribution in [1.29, 1.82) is 5.26 Å². The molecule has 0 radical (unpaired) electrons. The third-order valence-electron chi connectivity index (χ3n) is 4.56. The van der Waals surface area contributed by atoms with Crippen molar-refractivity contribution in [2.75, 3.05) is 0 Å². The van der Waals surface area contributed by atoms with Crippen molar-refractivity contribution in [1.82, 2.24) is 5.32 Å². The second kappa shape index (κ2) is 6.98. The predicted octanol–water partition coefficient (Wildman–Crippen LogP) is 2.90. The smallest absolute Gasteiger partial charge is 0.336 e. The lowest BCUT2D eigenvalue weighted by atomic mass is 9.83. The molecule has 130 valence electrons. The Morgan fingerprint density at radius 2 is 2.00 bits per heavy atom. The molecule has 0 bridgehead atoms. The van der Waals surface area contributed by atoms with E-state index in [1.807, 2.05) is 0 Å². The second-order valence-electron chi connectivity index (χ2n) is 6.46. The Balaban J connectivity index is 1.71. The summed E-state index contributed by atoms with van der Waals surface area (Å²) in [5.41, 5.74) is -0.828. The fraction of sp³-hybridized carbons (Fsp3) is 0.421. The van der Waals surface area contributed by atoms with Crippen molar-refractivity contribution < 1.29 is 13.9 Å². The number of fused-ring (bicyclic) bond motifs is 1. The first-order chi connectivity index (χ1) is 12.0. The van der Waals surface area contributed by atoms with E-state index in [1.54, 1.807) is 31.2 Å². The quantitative estimate of drug-likeness (QED) is 0.864. The lowest BCUT2D eigenvalue weighted by molar-refractivity contribution is -0.129. The van der Waals surface area contributed by atoms with E-state index in [-0.39, 0.29) is 5.91 Å². The van der Waals surface area contributed by atoms with Gasteiger partial charge < -0.3 is 14.5 Å². The van der Waals surface area contributed by atoms with Crippen LogP contribution in [0.1, 0.15) is 39.0 Å². The van der Waals surface area contributed by atoms with Gasteiger partial charge in [-0.25, -0.2) is 4.79 Å². The van der Waals surface area contributed by atoms with Crippen LogP contribution in [0.4, 0.5) is 0 Å². The molecule has 1 aliphatic rings. The number of carbonyl (C=O) groups excluding carboxylic acids is 1. The van der Waals surface area contributed by atoms with E-state index >= 15 is 0 Å². The molecular formula is C19H20N2O4. The van der Waals surface area contributed by atoms with Gasteiger partial charge in [-0.1, -0.05) is 19.3 Å². The summed E-state index contributed by atoms with van der Waals surface area (Å²) in [4.78, 5) is 23.7. The minimum Gasteiger partial charge on any atom is -0.481 e. The summed E-state index contributed by atoms with van der Waals surface area (Å²) in [6.07, 6.45) is 3.54. The highest BCUT2D eigenvalue weighted by molar-refractivity contribution is 5.82. The maximum absolute atomic E-state index is 12.4. The van der Waals surface area contributed by atoms with Crippen molar-refractivity contribution in [2.24, 2.45) is 0 Å². The van der Waals surface area contributed by atoms with Crippen LogP contribution < -0.4 is 15.7 Å². The van der Waals surface area contributed by atoms with Gasteiger partial charge in [0.15, 0.2) is 6.10 Å². The maximum atomic E-state index is 12.4. The number of nitrogens with one attached hydrogen (secondary N) is 1. The molecular weight excluding hydrogens is 320 g/mol. The fourth-order valence-electron chi connectivity index (χ4n) is 3.13. The van der Waals surface area contributed by atoms with Crippen LogP contribution in [0, 0.1) is 11.3 Å². The van der Waals surface area contributed by atoms with Gasteiger partial charge in [0.25, 0.3) is 5.91 Å². The molecule has 1 heterocycles. The van der Waals surface area contributed by atoms with Crippen LogP contribution in [-0.2, 0) is 4.79 Å². The molecule has 3 rings (SSSR count). The van der Waals surface area contributed by atoms with Crippen LogP contribution in [0.15, 0.2) is 39.5 Å². The Hall–Kier alpha value is -2.81. The molecule has 2 aromatic rings. The normalized spacial score (nSPS) is 17.4. The van der Waals surface area contributed by atoms with Gasteiger partial charge in [-0.15, -0.1) is 0 Å². The molecule has 1 N–H and O–H groups in total. The number of hydrogen-bond acceptors (Lipinski definition) is 5. The van der Waals surface area contributed by atoms with Gasteiger partial charge in [0.05, 0.1) is 6.07 Å². The minimum absolute atomic E-state index is 0.321. The molecule has 6 nitrogen and oxygen atoms in total. The molecule has 1 atom stereocenters. The Morgan fingerprint density at radius 3 is 2.72 bits per heavy atom. The Labute approximate surface area is 145 Å². The molecule has 1 aromatic carbocycles. The zero-order valence-corrected chi connectivity index (χ0v) is 14.1. The molecule has 0 saturated heterocycles. The summed E-state index contributed by atoms with van der Waals surface area (Å²) < 4.78 is 10.8. The number of nitriles is 1. The van der Waals surface area contributed by atoms with Crippen molar-refractivity contribution in [3.8, 4) is 11.8 Å². The first kappa shape index (κ1) is 17.0. The first-order valence-electron chi connectivity index (χ1n) is 8.45. The molecule has 0 unspecified atom stereocenters. The number of ether oxygens (including phenoxy) is 1. The molecule has 0 aliphatic heterocycles. The SMILES string of the molecule is C[C@@H](Oc1ccc2ccc(=O)oc2c1)C(=O)NC1(C#N)CCCCC1. The minimum atomic E-state index is -0.789. The van der Waals surface area contributed by atoms with E-state index in [2.05, 4.69) is 11.4 Å². The van der Waals surface area contributed by atoms with Crippen LogP contribution in [0.2, 0.25) is 0 Å². The van der Waals surface area contributed by atoms with Gasteiger partial charge in [0, 0.05) is 17.5 Å².